The van der Waals surface area contributed by atoms with Crippen molar-refractivity contribution in [2.45, 2.75) is 32.5 Å². The third-order valence-electron chi connectivity index (χ3n) is 4.38. The van der Waals surface area contributed by atoms with Gasteiger partial charge in [-0.1, -0.05) is 0 Å². The van der Waals surface area contributed by atoms with E-state index in [0.29, 0.717) is 11.0 Å². The van der Waals surface area contributed by atoms with Crippen LogP contribution in [0.1, 0.15) is 26.3 Å². The number of hydrogen-bond donors (Lipinski definition) is 2. The lowest BCUT2D eigenvalue weighted by molar-refractivity contribution is -0.129. The topological polar surface area (TPSA) is 138 Å². The maximum absolute atomic E-state index is 13.2. The van der Waals surface area contributed by atoms with Gasteiger partial charge in [0.25, 0.3) is 5.56 Å². The number of fused-ring (bicyclic) bond motifs is 1. The first-order valence-corrected chi connectivity index (χ1v) is 10.7. The van der Waals surface area contributed by atoms with Gasteiger partial charge in [-0.25, -0.2) is 13.4 Å². The molecule has 0 atom stereocenters. The Kier molecular flexibility index (Phi) is 5.69. The van der Waals surface area contributed by atoms with Gasteiger partial charge in [-0.3, -0.25) is 18.8 Å². The molecule has 0 saturated carbocycles. The predicted octanol–water partition coefficient (Wildman–Crippen LogP) is 2.05. The molecule has 0 radical (unpaired) electrons. The van der Waals surface area contributed by atoms with Crippen LogP contribution in [-0.2, 0) is 17.1 Å². The summed E-state index contributed by atoms with van der Waals surface area (Å²) in [6.07, 6.45) is -4.64. The van der Waals surface area contributed by atoms with Gasteiger partial charge in [-0.2, -0.15) is 23.3 Å². The number of anilines is 2. The van der Waals surface area contributed by atoms with Crippen molar-refractivity contribution in [2.24, 2.45) is 7.05 Å². The Morgan fingerprint density at radius 1 is 1.26 bits per heavy atom. The highest BCUT2D eigenvalue weighted by atomic mass is 32.2. The number of alkyl halides is 3. The van der Waals surface area contributed by atoms with Crippen molar-refractivity contribution >= 4 is 32.8 Å². The lowest BCUT2D eigenvalue weighted by Gasteiger charge is -2.15. The van der Waals surface area contributed by atoms with E-state index < -0.39 is 33.9 Å². The first-order chi connectivity index (χ1) is 14.3. The minimum absolute atomic E-state index is 0.00475. The fourth-order valence-corrected chi connectivity index (χ4v) is 4.05. The highest BCUT2D eigenvalue weighted by Crippen LogP contribution is 2.25. The van der Waals surface area contributed by atoms with Gasteiger partial charge in [0, 0.05) is 30.7 Å². The van der Waals surface area contributed by atoms with E-state index >= 15 is 0 Å². The number of sulfonamides is 1. The van der Waals surface area contributed by atoms with E-state index in [0.717, 1.165) is 0 Å². The molecule has 0 saturated heterocycles. The molecular weight excluding hydrogens is 439 g/mol. The van der Waals surface area contributed by atoms with E-state index in [1.807, 2.05) is 4.72 Å². The van der Waals surface area contributed by atoms with Crippen LogP contribution in [-0.4, -0.2) is 44.7 Å². The summed E-state index contributed by atoms with van der Waals surface area (Å²) in [6, 6.07) is 2.52. The van der Waals surface area contributed by atoms with Crippen LogP contribution in [0.15, 0.2) is 23.1 Å². The number of aromatic nitrogens is 5. The standard InChI is InChI=1S/C17H20F3N7O3S/c1-9(2)27-14-10(8-22-16(21)23-14)6-11(15(27)28)12-7-13(24-26(12)3)25-31(29,30)5-4-17(18,19)20/h6-9H,4-5H2,1-3H3,(H,24,25)(H2,21,22,23). The van der Waals surface area contributed by atoms with Crippen molar-refractivity contribution < 1.29 is 21.6 Å². The number of nitrogens with zero attached hydrogens (tertiary/aromatic N) is 5. The van der Waals surface area contributed by atoms with Crippen LogP contribution in [0.25, 0.3) is 22.3 Å². The lowest BCUT2D eigenvalue weighted by Crippen LogP contribution is -2.25. The number of nitrogens with one attached hydrogen (secondary N) is 1. The second kappa shape index (κ2) is 7.83. The number of nitrogens with two attached hydrogens (primary N) is 1. The van der Waals surface area contributed by atoms with Crippen molar-refractivity contribution in [1.29, 1.82) is 0 Å². The molecule has 168 valence electrons. The average molecular weight is 459 g/mol. The van der Waals surface area contributed by atoms with Gasteiger partial charge in [-0.05, 0) is 19.9 Å². The second-order valence-electron chi connectivity index (χ2n) is 7.16. The molecule has 10 nitrogen and oxygen atoms in total. The van der Waals surface area contributed by atoms with Crippen LogP contribution >= 0.6 is 0 Å². The first kappa shape index (κ1) is 22.5. The van der Waals surface area contributed by atoms with Gasteiger partial charge < -0.3 is 5.73 Å². The van der Waals surface area contributed by atoms with Crippen LogP contribution in [0, 0.1) is 0 Å². The van der Waals surface area contributed by atoms with Crippen molar-refractivity contribution in [1.82, 2.24) is 24.3 Å². The fourth-order valence-electron chi connectivity index (χ4n) is 3.03. The largest absolute Gasteiger partial charge is 0.390 e. The summed E-state index contributed by atoms with van der Waals surface area (Å²) in [6.45, 7) is 3.57. The first-order valence-electron chi connectivity index (χ1n) is 9.07. The molecule has 0 unspecified atom stereocenters. The van der Waals surface area contributed by atoms with Crippen molar-refractivity contribution in [3.8, 4) is 11.3 Å². The smallest absolute Gasteiger partial charge is 0.368 e. The van der Waals surface area contributed by atoms with Gasteiger partial charge in [-0.15, -0.1) is 0 Å². The van der Waals surface area contributed by atoms with E-state index in [1.165, 1.54) is 34.6 Å². The molecule has 3 N–H and O–H groups in total. The lowest BCUT2D eigenvalue weighted by atomic mass is 10.1. The Labute approximate surface area is 175 Å². The minimum atomic E-state index is -4.61. The summed E-state index contributed by atoms with van der Waals surface area (Å²) in [4.78, 5) is 21.2. The van der Waals surface area contributed by atoms with Crippen molar-refractivity contribution in [3.05, 3.63) is 28.7 Å². The summed E-state index contributed by atoms with van der Waals surface area (Å²) in [5, 5.41) is 4.49. The molecule has 3 rings (SSSR count). The van der Waals surface area contributed by atoms with Gasteiger partial charge >= 0.3 is 6.18 Å². The van der Waals surface area contributed by atoms with E-state index in [-0.39, 0.29) is 29.1 Å². The van der Waals surface area contributed by atoms with E-state index in [2.05, 4.69) is 15.1 Å². The molecule has 0 aliphatic rings. The minimum Gasteiger partial charge on any atom is -0.368 e. The van der Waals surface area contributed by atoms with Gasteiger partial charge in [0.05, 0.1) is 23.4 Å². The van der Waals surface area contributed by atoms with Gasteiger partial charge in [0.15, 0.2) is 5.82 Å². The van der Waals surface area contributed by atoms with Crippen LogP contribution in [0.2, 0.25) is 0 Å². The Morgan fingerprint density at radius 3 is 2.55 bits per heavy atom. The maximum atomic E-state index is 13.2. The zero-order chi connectivity index (χ0) is 23.1. The molecule has 14 heteroatoms. The Morgan fingerprint density at radius 2 is 1.94 bits per heavy atom. The van der Waals surface area contributed by atoms with Crippen LogP contribution in [0.4, 0.5) is 24.9 Å². The molecule has 3 aromatic rings. The normalized spacial score (nSPS) is 12.6. The number of rotatable bonds is 6. The molecule has 0 fully saturated rings. The highest BCUT2D eigenvalue weighted by Gasteiger charge is 2.30. The zero-order valence-corrected chi connectivity index (χ0v) is 17.6. The molecule has 3 heterocycles. The second-order valence-corrected chi connectivity index (χ2v) is 9.00. The van der Waals surface area contributed by atoms with E-state index in [1.54, 1.807) is 13.8 Å². The number of aryl methyl sites for hydroxylation is 1. The number of hydrogen-bond acceptors (Lipinski definition) is 7. The molecule has 3 aromatic heterocycles. The summed E-state index contributed by atoms with van der Waals surface area (Å²) in [7, 11) is -2.81. The summed E-state index contributed by atoms with van der Waals surface area (Å²) >= 11 is 0. The predicted molar refractivity (Wildman–Crippen MR) is 109 cm³/mol. The monoisotopic (exact) mass is 459 g/mol. The summed E-state index contributed by atoms with van der Waals surface area (Å²) in [5.41, 5.74) is 6.00. The molecule has 0 aliphatic heterocycles. The molecule has 0 aliphatic carbocycles. The summed E-state index contributed by atoms with van der Waals surface area (Å²) < 4.78 is 65.7. The SMILES string of the molecule is CC(C)n1c(=O)c(-c2cc(NS(=O)(=O)CCC(F)(F)F)nn2C)cc2cnc(N)nc21. The molecule has 31 heavy (non-hydrogen) atoms. The number of nitrogen functional groups attached to an aromatic ring is 1. The van der Waals surface area contributed by atoms with Gasteiger partial charge in [0.2, 0.25) is 16.0 Å². The molecule has 0 bridgehead atoms. The van der Waals surface area contributed by atoms with E-state index in [9.17, 15) is 26.4 Å². The maximum Gasteiger partial charge on any atom is 0.390 e. The Bertz CT molecular complexity index is 1300. The Balaban J connectivity index is 2.05. The third kappa shape index (κ3) is 4.95. The van der Waals surface area contributed by atoms with Gasteiger partial charge in [0.1, 0.15) is 5.65 Å². The fraction of sp³-hybridized carbons (Fsp3) is 0.412. The summed E-state index contributed by atoms with van der Waals surface area (Å²) in [5.74, 6) is -1.34. The number of halogens is 3. The van der Waals surface area contributed by atoms with Crippen molar-refractivity contribution in [3.63, 3.8) is 0 Å². The van der Waals surface area contributed by atoms with Crippen molar-refractivity contribution in [2.75, 3.05) is 16.2 Å². The molecule has 0 amide bonds. The molecular formula is C17H20F3N7O3S. The van der Waals surface area contributed by atoms with Crippen LogP contribution in [0.3, 0.4) is 0 Å². The zero-order valence-electron chi connectivity index (χ0n) is 16.8. The molecule has 0 aromatic carbocycles. The Hall–Kier alpha value is -3.16. The average Bonchev–Trinajstić information content (AvgIpc) is 2.98. The van der Waals surface area contributed by atoms with Crippen LogP contribution < -0.4 is 16.0 Å². The number of pyridine rings is 1. The third-order valence-corrected chi connectivity index (χ3v) is 5.64. The van der Waals surface area contributed by atoms with E-state index in [4.69, 9.17) is 5.73 Å². The van der Waals surface area contributed by atoms with Crippen LogP contribution in [0.5, 0.6) is 0 Å². The molecule has 0 spiro atoms. The quantitative estimate of drug-likeness (QED) is 0.575. The highest BCUT2D eigenvalue weighted by molar-refractivity contribution is 7.92.